The number of rotatable bonds is 14. The van der Waals surface area contributed by atoms with Gasteiger partial charge >= 0.3 is 12.1 Å². The summed E-state index contributed by atoms with van der Waals surface area (Å²) in [7, 11) is 3.39. The predicted octanol–water partition coefficient (Wildman–Crippen LogP) is 8.34. The Balaban J connectivity index is 0.829. The number of nitrogens with one attached hydrogen (secondary N) is 2. The Morgan fingerprint density at radius 3 is 1.62 bits per heavy atom. The molecule has 0 bridgehead atoms. The lowest BCUT2D eigenvalue weighted by molar-refractivity contribution is -0.764. The second-order valence-electron chi connectivity index (χ2n) is 23.1. The maximum Gasteiger partial charge on any atom is 0.317 e. The van der Waals surface area contributed by atoms with Crippen molar-refractivity contribution in [3.63, 3.8) is 0 Å². The molecule has 3 atom stereocenters. The molecule has 4 amide bonds. The number of likely N-dealkylation sites (tertiary alicyclic amines) is 2. The molecule has 2 unspecified atom stereocenters. The molecule has 4 fully saturated rings. The predicted molar refractivity (Wildman–Crippen MR) is 302 cm³/mol. The summed E-state index contributed by atoms with van der Waals surface area (Å²) in [4.78, 5) is 40.0. The molecule has 2 aromatic carbocycles. The van der Waals surface area contributed by atoms with E-state index in [1.54, 1.807) is 32.5 Å². The number of anilines is 2. The van der Waals surface area contributed by atoms with Crippen LogP contribution < -0.4 is 25.1 Å². The van der Waals surface area contributed by atoms with Crippen LogP contribution in [0.1, 0.15) is 85.3 Å². The van der Waals surface area contributed by atoms with Crippen LogP contribution in [0.4, 0.5) is 29.7 Å². The van der Waals surface area contributed by atoms with Gasteiger partial charge in [0.05, 0.1) is 29.1 Å². The third-order valence-electron chi connectivity index (χ3n) is 17.1. The largest absolute Gasteiger partial charge is 0.372 e. The lowest BCUT2D eigenvalue weighted by atomic mass is 9.84. The van der Waals surface area contributed by atoms with Crippen molar-refractivity contribution in [1.82, 2.24) is 44.4 Å². The van der Waals surface area contributed by atoms with E-state index in [9.17, 15) is 9.59 Å². The number of methoxy groups -OCH3 is 2. The monoisotopic (exact) mass is 1070 g/mol. The van der Waals surface area contributed by atoms with E-state index < -0.39 is 11.2 Å². The van der Waals surface area contributed by atoms with Crippen molar-refractivity contribution in [2.24, 2.45) is 0 Å². The molecule has 0 saturated carbocycles. The molecule has 0 aliphatic carbocycles. The van der Waals surface area contributed by atoms with E-state index in [2.05, 4.69) is 90.4 Å². The molecule has 0 spiro atoms. The van der Waals surface area contributed by atoms with E-state index in [0.717, 1.165) is 83.4 Å². The van der Waals surface area contributed by atoms with Gasteiger partial charge in [0.15, 0.2) is 12.7 Å². The number of piperidine rings is 2. The first-order valence-corrected chi connectivity index (χ1v) is 28.3. The Morgan fingerprint density at radius 2 is 1.12 bits per heavy atom. The van der Waals surface area contributed by atoms with Gasteiger partial charge in [-0.1, -0.05) is 24.3 Å². The maximum absolute atomic E-state index is 16.5. The van der Waals surface area contributed by atoms with Crippen LogP contribution in [-0.4, -0.2) is 163 Å². The number of carbonyl (C=O) groups is 2. The normalized spacial score (nSPS) is 21.4. The number of halogens is 2. The quantitative estimate of drug-likeness (QED) is 0.104. The number of hydrogen-bond acceptors (Lipinski definition) is 9. The number of hydrogen-bond donors (Lipinski definition) is 2. The Bertz CT molecular complexity index is 3110. The zero-order valence-corrected chi connectivity index (χ0v) is 47.3. The summed E-state index contributed by atoms with van der Waals surface area (Å²) in [6.07, 6.45) is 11.2. The molecule has 4 aliphatic rings. The topological polar surface area (TPSA) is 122 Å². The zero-order valence-electron chi connectivity index (χ0n) is 47.3. The summed E-state index contributed by atoms with van der Waals surface area (Å²) in [5.74, 6) is -0.552. The van der Waals surface area contributed by atoms with Gasteiger partial charge in [-0.2, -0.15) is 5.10 Å². The van der Waals surface area contributed by atoms with E-state index in [-0.39, 0.29) is 35.8 Å². The van der Waals surface area contributed by atoms with Crippen LogP contribution in [0.2, 0.25) is 0 Å². The average Bonchev–Trinajstić information content (AvgIpc) is 4.17. The van der Waals surface area contributed by atoms with E-state index in [1.165, 1.54) is 0 Å². The molecule has 78 heavy (non-hydrogen) atoms. The minimum Gasteiger partial charge on any atom is -0.372 e. The van der Waals surface area contributed by atoms with Gasteiger partial charge in [-0.3, -0.25) is 9.80 Å². The number of amides is 4. The molecule has 4 saturated heterocycles. The van der Waals surface area contributed by atoms with Crippen LogP contribution in [0.5, 0.6) is 0 Å². The maximum atomic E-state index is 16.5. The summed E-state index contributed by atoms with van der Waals surface area (Å²) in [6.45, 7) is 23.1. The fourth-order valence-electron chi connectivity index (χ4n) is 12.5. The lowest BCUT2D eigenvalue weighted by Crippen LogP contribution is -2.56. The van der Waals surface area contributed by atoms with Gasteiger partial charge < -0.3 is 39.7 Å². The molecule has 18 heteroatoms. The average molecular weight is 1070 g/mol. The molecule has 0 radical (unpaired) electrons. The minimum atomic E-state index is -0.728. The van der Waals surface area contributed by atoms with E-state index >= 15 is 8.78 Å². The van der Waals surface area contributed by atoms with Crippen molar-refractivity contribution < 1.29 is 32.5 Å². The van der Waals surface area contributed by atoms with Crippen molar-refractivity contribution in [2.75, 3.05) is 103 Å². The number of carbonyl (C=O) groups excluding carboxylic acids is 2. The molecule has 8 heterocycles. The van der Waals surface area contributed by atoms with Gasteiger partial charge in [0, 0.05) is 139 Å². The van der Waals surface area contributed by atoms with Gasteiger partial charge in [0.2, 0.25) is 0 Å². The second kappa shape index (κ2) is 22.8. The molecule has 10 rings (SSSR count). The van der Waals surface area contributed by atoms with Crippen molar-refractivity contribution >= 4 is 34.5 Å². The Hall–Kier alpha value is -6.34. The summed E-state index contributed by atoms with van der Waals surface area (Å²) < 4.78 is 51.0. The van der Waals surface area contributed by atoms with Crippen LogP contribution in [0.15, 0.2) is 85.5 Å². The third-order valence-corrected chi connectivity index (χ3v) is 17.1. The number of aromatic nitrogens is 4. The highest BCUT2D eigenvalue weighted by molar-refractivity contribution is 5.82. The molecule has 16 nitrogen and oxygen atoms in total. The first-order valence-electron chi connectivity index (χ1n) is 28.3. The van der Waals surface area contributed by atoms with E-state index in [0.29, 0.717) is 95.2 Å². The van der Waals surface area contributed by atoms with E-state index in [4.69, 9.17) is 9.47 Å². The summed E-state index contributed by atoms with van der Waals surface area (Å²) in [5, 5.41) is 10.9. The molecule has 2 N–H and O–H groups in total. The smallest absolute Gasteiger partial charge is 0.317 e. The van der Waals surface area contributed by atoms with Gasteiger partial charge in [0.25, 0.3) is 0 Å². The summed E-state index contributed by atoms with van der Waals surface area (Å²) in [6, 6.07) is 19.7. The Labute approximate surface area is 458 Å². The van der Waals surface area contributed by atoms with Crippen molar-refractivity contribution in [3.8, 4) is 22.3 Å². The number of benzene rings is 2. The number of ether oxygens (including phenoxy) is 2. The first-order chi connectivity index (χ1) is 37.5. The highest BCUT2D eigenvalue weighted by Crippen LogP contribution is 2.41. The van der Waals surface area contributed by atoms with Crippen molar-refractivity contribution in [2.45, 2.75) is 116 Å². The second-order valence-corrected chi connectivity index (χ2v) is 23.1. The standard InChI is InChI=1S/C60H80F2N12O4/c1-41(2)64-57(75)68-28-26-67(27-29-68)54-17-23-72(74-38-48(35-56(54)74)46-13-15-50(52(62)33-46)60(78-9)19-11-22-71(40-60)43(5)6)36-44(7)65-58(76)69-30-24-66(25-31-69)53-16-20-63-73-37-47(34-55(53)73)45-12-14-49(51(61)32-45)59(77-8)18-10-21-70(39-59)42(3)4/h12-17,20,23,32-35,37-38,41-44H,10-11,18-19,21-22,24-31,36,39-40H2,1-9H3,(H-,64,65,75,76)/p+1/t44?,59-,60?/m1/s1. The number of piperazine rings is 2. The Morgan fingerprint density at radius 1 is 0.615 bits per heavy atom. The number of nitrogens with zero attached hydrogens (tertiary/aromatic N) is 10. The first kappa shape index (κ1) is 55.0. The van der Waals surface area contributed by atoms with Crippen LogP contribution in [0.25, 0.3) is 33.3 Å². The fraction of sp³-hybridized carbons (Fsp3) is 0.533. The molecule has 418 valence electrons. The molecular weight excluding hydrogens is 991 g/mol. The molecule has 4 aliphatic heterocycles. The van der Waals surface area contributed by atoms with Gasteiger partial charge in [-0.25, -0.2) is 22.9 Å². The van der Waals surface area contributed by atoms with Crippen molar-refractivity contribution in [1.29, 1.82) is 0 Å². The van der Waals surface area contributed by atoms with Crippen LogP contribution in [0, 0.1) is 11.6 Å². The van der Waals surface area contributed by atoms with Crippen LogP contribution in [0.3, 0.4) is 0 Å². The van der Waals surface area contributed by atoms with E-state index in [1.807, 2.05) is 84.0 Å². The van der Waals surface area contributed by atoms with Gasteiger partial charge in [-0.15, -0.1) is 9.20 Å². The Kier molecular flexibility index (Phi) is 16.1. The fourth-order valence-corrected chi connectivity index (χ4v) is 12.5. The highest BCUT2D eigenvalue weighted by atomic mass is 19.1. The third kappa shape index (κ3) is 11.0. The van der Waals surface area contributed by atoms with Crippen LogP contribution >= 0.6 is 0 Å². The van der Waals surface area contributed by atoms with Gasteiger partial charge in [0.1, 0.15) is 28.4 Å². The highest BCUT2D eigenvalue weighted by Gasteiger charge is 2.42. The summed E-state index contributed by atoms with van der Waals surface area (Å²) >= 11 is 0. The van der Waals surface area contributed by atoms with Gasteiger partial charge in [-0.05, 0) is 129 Å². The molecular formula is C60H81F2N12O4+. The SMILES string of the molecule is COC1(c2ccc(-c3cc4c(N5CCN(C(=O)NC(C)C)CC5)cc[n+](CC(C)NC(=O)N5CCN(c6ccnn7cc(-c8ccc([C@@]9(OC)CCCN(C(C)C)C9)c(F)c8)cc67)CC5)n4c3)cc2F)CCCN(C(C)C)C1. The van der Waals surface area contributed by atoms with Crippen molar-refractivity contribution in [3.05, 3.63) is 108 Å². The number of fused-ring (bicyclic) bond motifs is 2. The lowest BCUT2D eigenvalue weighted by Gasteiger charge is -2.44. The number of urea groups is 2. The summed E-state index contributed by atoms with van der Waals surface area (Å²) in [5.41, 5.74) is 6.90. The minimum absolute atomic E-state index is 0.0519. The zero-order chi connectivity index (χ0) is 55.0. The van der Waals surface area contributed by atoms with Crippen LogP contribution in [-0.2, 0) is 27.2 Å². The molecule has 6 aromatic rings. The molecule has 4 aromatic heterocycles.